The monoisotopic (exact) mass is 576 g/mol. The molecule has 0 saturated heterocycles. The van der Waals surface area contributed by atoms with Crippen LogP contribution >= 0.6 is 11.6 Å². The summed E-state index contributed by atoms with van der Waals surface area (Å²) in [6.07, 6.45) is 3.36. The number of nitrogens with zero attached hydrogens (tertiary/aromatic N) is 1. The van der Waals surface area contributed by atoms with Crippen LogP contribution in [0.25, 0.3) is 22.3 Å². The summed E-state index contributed by atoms with van der Waals surface area (Å²) in [5.41, 5.74) is 3.91. The van der Waals surface area contributed by atoms with Gasteiger partial charge in [0.05, 0.1) is 35.6 Å². The van der Waals surface area contributed by atoms with Crippen molar-refractivity contribution in [1.29, 1.82) is 0 Å². The molecule has 1 aliphatic rings. The molecule has 5 rings (SSSR count). The summed E-state index contributed by atoms with van der Waals surface area (Å²) in [5.74, 6) is -2.61. The molecule has 1 unspecified atom stereocenters. The van der Waals surface area contributed by atoms with Gasteiger partial charge in [-0.1, -0.05) is 54.4 Å². The van der Waals surface area contributed by atoms with Crippen molar-refractivity contribution < 1.29 is 27.8 Å². The van der Waals surface area contributed by atoms with E-state index in [4.69, 9.17) is 16.3 Å². The predicted molar refractivity (Wildman–Crippen MR) is 152 cm³/mol. The molecule has 1 amide bonds. The Hall–Kier alpha value is -4.30. The number of rotatable bonds is 4. The highest BCUT2D eigenvalue weighted by Crippen LogP contribution is 2.36. The molecule has 2 bridgehead atoms. The molecule has 6 nitrogen and oxygen atoms in total. The van der Waals surface area contributed by atoms with E-state index in [1.165, 1.54) is 19.4 Å². The van der Waals surface area contributed by atoms with Gasteiger partial charge in [-0.15, -0.1) is 0 Å². The van der Waals surface area contributed by atoms with E-state index in [2.05, 4.69) is 5.32 Å². The van der Waals surface area contributed by atoms with E-state index in [0.29, 0.717) is 40.9 Å². The van der Waals surface area contributed by atoms with Crippen LogP contribution in [0, 0.1) is 16.8 Å². The van der Waals surface area contributed by atoms with Crippen LogP contribution in [0.4, 0.5) is 14.5 Å². The van der Waals surface area contributed by atoms with Crippen LogP contribution in [0.5, 0.6) is 0 Å². The molecule has 9 heteroatoms. The van der Waals surface area contributed by atoms with Crippen LogP contribution in [0.2, 0.25) is 5.02 Å². The summed E-state index contributed by atoms with van der Waals surface area (Å²) >= 11 is 5.86. The van der Waals surface area contributed by atoms with Gasteiger partial charge in [-0.2, -0.15) is 4.73 Å². The molecule has 0 spiro atoms. The summed E-state index contributed by atoms with van der Waals surface area (Å²) < 4.78 is 34.6. The number of fused-ring (bicyclic) bond motifs is 4. The van der Waals surface area contributed by atoms with Gasteiger partial charge in [0.15, 0.2) is 17.7 Å². The first-order chi connectivity index (χ1) is 19.7. The maximum absolute atomic E-state index is 14.7. The van der Waals surface area contributed by atoms with Crippen molar-refractivity contribution in [2.24, 2.45) is 0 Å². The number of anilines is 1. The maximum atomic E-state index is 14.7. The minimum atomic E-state index is -0.926. The van der Waals surface area contributed by atoms with Gasteiger partial charge in [0, 0.05) is 23.7 Å². The molecule has 1 atom stereocenters. The Labute approximate surface area is 241 Å². The Kier molecular flexibility index (Phi) is 8.31. The fourth-order valence-electron chi connectivity index (χ4n) is 5.25. The third-order valence-electron chi connectivity index (χ3n) is 7.31. The van der Waals surface area contributed by atoms with E-state index in [1.54, 1.807) is 12.1 Å². The Morgan fingerprint density at radius 1 is 1.07 bits per heavy atom. The number of methoxy groups -OCH3 is 1. The van der Waals surface area contributed by atoms with Crippen LogP contribution in [-0.2, 0) is 20.7 Å². The number of hydrogen-bond acceptors (Lipinski definition) is 4. The van der Waals surface area contributed by atoms with Crippen LogP contribution in [0.1, 0.15) is 48.4 Å². The lowest BCUT2D eigenvalue weighted by Crippen LogP contribution is -2.33. The van der Waals surface area contributed by atoms with E-state index < -0.39 is 11.6 Å². The molecule has 41 heavy (non-hydrogen) atoms. The van der Waals surface area contributed by atoms with Gasteiger partial charge in [-0.3, -0.25) is 9.59 Å². The SMILES string of the molecule is COC(=O)Cc1ccc2c(c1)NC(=O)CCCCC(c1ccc(-c3c(F)ccc(Cl)c3F)c[n+]1[O-])c1cccc-2c1. The normalized spacial score (nSPS) is 15.2. The number of esters is 1. The summed E-state index contributed by atoms with van der Waals surface area (Å²) in [5, 5.41) is 16.1. The lowest BCUT2D eigenvalue weighted by atomic mass is 9.87. The summed E-state index contributed by atoms with van der Waals surface area (Å²) in [6, 6.07) is 18.5. The average Bonchev–Trinajstić information content (AvgIpc) is 2.95. The third kappa shape index (κ3) is 6.07. The number of benzene rings is 3. The Morgan fingerprint density at radius 3 is 2.68 bits per heavy atom. The first-order valence-electron chi connectivity index (χ1n) is 13.2. The third-order valence-corrected chi connectivity index (χ3v) is 7.61. The number of pyridine rings is 1. The summed E-state index contributed by atoms with van der Waals surface area (Å²) in [7, 11) is 1.33. The molecule has 0 saturated carbocycles. The highest BCUT2D eigenvalue weighted by molar-refractivity contribution is 6.31. The zero-order valence-corrected chi connectivity index (χ0v) is 23.0. The number of aromatic nitrogens is 1. The van der Waals surface area contributed by atoms with Crippen molar-refractivity contribution in [3.8, 4) is 22.3 Å². The molecule has 210 valence electrons. The van der Waals surface area contributed by atoms with Gasteiger partial charge in [0.25, 0.3) is 0 Å². The van der Waals surface area contributed by atoms with E-state index in [0.717, 1.165) is 28.8 Å². The standard InChI is InChI=1S/C32H27ClF2N2O4/c1-41-30(39)16-19-9-11-23-20-5-4-6-21(17-20)24(7-2-3-8-29(38)36-27(23)15-19)28-14-10-22(18-37(28)40)31-26(34)13-12-25(33)32(31)35/h4-6,9-15,17-18,24H,2-3,7-8,16H2,1H3,(H,36,38). The number of carbonyl (C=O) groups is 2. The minimum Gasteiger partial charge on any atom is -0.618 e. The van der Waals surface area contributed by atoms with Gasteiger partial charge >= 0.3 is 5.97 Å². The topological polar surface area (TPSA) is 82.3 Å². The highest BCUT2D eigenvalue weighted by atomic mass is 35.5. The summed E-state index contributed by atoms with van der Waals surface area (Å²) in [4.78, 5) is 24.6. The fraction of sp³-hybridized carbons (Fsp3) is 0.219. The fourth-order valence-corrected chi connectivity index (χ4v) is 5.41. The second-order valence-corrected chi connectivity index (χ2v) is 10.4. The Bertz CT molecular complexity index is 1640. The van der Waals surface area contributed by atoms with Crippen LogP contribution in [0.3, 0.4) is 0 Å². The first kappa shape index (κ1) is 28.2. The van der Waals surface area contributed by atoms with Crippen molar-refractivity contribution in [3.05, 3.63) is 112 Å². The van der Waals surface area contributed by atoms with E-state index in [1.807, 2.05) is 36.4 Å². The van der Waals surface area contributed by atoms with Gasteiger partial charge < -0.3 is 15.3 Å². The average molecular weight is 577 g/mol. The molecule has 2 heterocycles. The Balaban J connectivity index is 1.57. The van der Waals surface area contributed by atoms with Gasteiger partial charge in [-0.05, 0) is 53.8 Å². The largest absolute Gasteiger partial charge is 0.618 e. The van der Waals surface area contributed by atoms with E-state index >= 15 is 0 Å². The zero-order chi connectivity index (χ0) is 29.1. The second-order valence-electron chi connectivity index (χ2n) is 9.99. The van der Waals surface area contributed by atoms with Crippen molar-refractivity contribution in [3.63, 3.8) is 0 Å². The molecule has 1 aliphatic heterocycles. The molecule has 3 aromatic carbocycles. The molecule has 1 aromatic heterocycles. The predicted octanol–water partition coefficient (Wildman–Crippen LogP) is 6.95. The van der Waals surface area contributed by atoms with Crippen LogP contribution < -0.4 is 10.0 Å². The Morgan fingerprint density at radius 2 is 1.90 bits per heavy atom. The zero-order valence-electron chi connectivity index (χ0n) is 22.3. The smallest absolute Gasteiger partial charge is 0.309 e. The van der Waals surface area contributed by atoms with Gasteiger partial charge in [0.1, 0.15) is 5.82 Å². The van der Waals surface area contributed by atoms with Gasteiger partial charge in [0.2, 0.25) is 5.91 Å². The van der Waals surface area contributed by atoms with Crippen LogP contribution in [0.15, 0.2) is 72.9 Å². The number of nitrogens with one attached hydrogen (secondary N) is 1. The number of hydrogen-bond donors (Lipinski definition) is 1. The lowest BCUT2D eigenvalue weighted by molar-refractivity contribution is -0.614. The van der Waals surface area contributed by atoms with Crippen molar-refractivity contribution in [2.45, 2.75) is 38.0 Å². The molecule has 0 radical (unpaired) electrons. The number of amides is 1. The molecule has 0 aliphatic carbocycles. The molecular formula is C32H27ClF2N2O4. The molecule has 0 fully saturated rings. The molecule has 1 N–H and O–H groups in total. The van der Waals surface area contributed by atoms with Gasteiger partial charge in [-0.25, -0.2) is 8.78 Å². The quantitative estimate of drug-likeness (QED) is 0.123. The molecular weight excluding hydrogens is 550 g/mol. The maximum Gasteiger partial charge on any atom is 0.309 e. The minimum absolute atomic E-state index is 0.0737. The van der Waals surface area contributed by atoms with Crippen molar-refractivity contribution in [2.75, 3.05) is 12.4 Å². The first-order valence-corrected chi connectivity index (χ1v) is 13.6. The van der Waals surface area contributed by atoms with E-state index in [9.17, 15) is 23.6 Å². The second kappa shape index (κ2) is 12.1. The number of carbonyl (C=O) groups excluding carboxylic acids is 2. The number of ether oxygens (including phenoxy) is 1. The van der Waals surface area contributed by atoms with Crippen molar-refractivity contribution >= 4 is 29.2 Å². The summed E-state index contributed by atoms with van der Waals surface area (Å²) in [6.45, 7) is 0. The van der Waals surface area contributed by atoms with Crippen LogP contribution in [-0.4, -0.2) is 19.0 Å². The van der Waals surface area contributed by atoms with Crippen molar-refractivity contribution in [1.82, 2.24) is 0 Å². The lowest BCUT2D eigenvalue weighted by Gasteiger charge is -2.20. The highest BCUT2D eigenvalue weighted by Gasteiger charge is 2.25. The van der Waals surface area contributed by atoms with E-state index in [-0.39, 0.29) is 46.8 Å². The molecule has 4 aromatic rings. The number of halogens is 3.